The highest BCUT2D eigenvalue weighted by atomic mass is 31.3. The largest absolute Gasteiger partial charge is 0.482 e. The second kappa shape index (κ2) is 8.56. The Balaban J connectivity index is 2.63. The first-order valence-corrected chi connectivity index (χ1v) is 8.54. The van der Waals surface area contributed by atoms with E-state index in [1.54, 1.807) is 0 Å². The maximum absolute atomic E-state index is 11.4. The molecule has 1 aromatic carbocycles. The van der Waals surface area contributed by atoms with Crippen molar-refractivity contribution in [2.45, 2.75) is 26.1 Å². The Morgan fingerprint density at radius 1 is 1.33 bits per heavy atom. The van der Waals surface area contributed by atoms with Crippen LogP contribution >= 0.6 is 16.4 Å². The topological polar surface area (TPSA) is 123 Å². The molecular formula is C11H16O8P2. The van der Waals surface area contributed by atoms with Gasteiger partial charge in [0.05, 0.1) is 0 Å². The Morgan fingerprint density at radius 3 is 2.48 bits per heavy atom. The molecule has 0 aliphatic rings. The molecule has 2 atom stereocenters. The monoisotopic (exact) mass is 338 g/mol. The Labute approximate surface area is 122 Å². The zero-order valence-corrected chi connectivity index (χ0v) is 12.9. The molecule has 0 spiro atoms. The third-order valence-corrected chi connectivity index (χ3v) is 4.15. The molecule has 8 nitrogen and oxygen atoms in total. The van der Waals surface area contributed by atoms with Gasteiger partial charge < -0.3 is 19.4 Å². The van der Waals surface area contributed by atoms with E-state index in [2.05, 4.69) is 8.83 Å². The van der Waals surface area contributed by atoms with E-state index in [1.165, 1.54) is 0 Å². The van der Waals surface area contributed by atoms with Crippen molar-refractivity contribution < 1.29 is 37.6 Å². The van der Waals surface area contributed by atoms with Crippen LogP contribution < -0.4 is 0 Å². The first-order chi connectivity index (χ1) is 9.78. The van der Waals surface area contributed by atoms with E-state index >= 15 is 0 Å². The molecule has 3 N–H and O–H groups in total. The number of hydrogen-bond donors (Lipinski definition) is 3. The highest BCUT2D eigenvalue weighted by molar-refractivity contribution is 7.57. The molecule has 0 amide bonds. The lowest BCUT2D eigenvalue weighted by Gasteiger charge is -2.20. The number of rotatable bonds is 8. The van der Waals surface area contributed by atoms with E-state index in [4.69, 9.17) is 14.5 Å². The molecule has 1 aromatic rings. The summed E-state index contributed by atoms with van der Waals surface area (Å²) in [6.45, 7) is 1.12. The van der Waals surface area contributed by atoms with E-state index < -0.39 is 28.7 Å². The third kappa shape index (κ3) is 8.24. The van der Waals surface area contributed by atoms with Gasteiger partial charge in [-0.2, -0.15) is 0 Å². The zero-order valence-electron chi connectivity index (χ0n) is 11.2. The van der Waals surface area contributed by atoms with E-state index in [1.807, 2.05) is 30.3 Å². The summed E-state index contributed by atoms with van der Waals surface area (Å²) in [7, 11) is -7.80. The van der Waals surface area contributed by atoms with Gasteiger partial charge in [-0.1, -0.05) is 30.3 Å². The fraction of sp³-hybridized carbons (Fsp3) is 0.364. The van der Waals surface area contributed by atoms with Crippen molar-refractivity contribution in [1.29, 1.82) is 0 Å². The van der Waals surface area contributed by atoms with Crippen LogP contribution in [0.2, 0.25) is 0 Å². The van der Waals surface area contributed by atoms with Crippen molar-refractivity contribution in [2.24, 2.45) is 0 Å². The Bertz CT molecular complexity index is 492. The second-order valence-corrected chi connectivity index (χ2v) is 6.28. The fourth-order valence-electron chi connectivity index (χ4n) is 1.51. The van der Waals surface area contributed by atoms with Gasteiger partial charge >= 0.3 is 22.4 Å². The quantitative estimate of drug-likeness (QED) is 0.373. The predicted molar refractivity (Wildman–Crippen MR) is 73.7 cm³/mol. The number of phosphoric ester groups is 1. The highest BCUT2D eigenvalue weighted by Crippen LogP contribution is 2.54. The summed E-state index contributed by atoms with van der Waals surface area (Å²) in [6.07, 6.45) is -0.813. The number of benzene rings is 1. The van der Waals surface area contributed by atoms with Gasteiger partial charge in [0.1, 0.15) is 0 Å². The molecule has 0 radical (unpaired) electrons. The average Bonchev–Trinajstić information content (AvgIpc) is 2.34. The van der Waals surface area contributed by atoms with Crippen LogP contribution in [0, 0.1) is 0 Å². The molecule has 0 aromatic heterocycles. The Kier molecular flexibility index (Phi) is 7.42. The average molecular weight is 338 g/mol. The summed E-state index contributed by atoms with van der Waals surface area (Å²) in [5.74, 6) is -0.705. The number of hydrogen-bond acceptors (Lipinski definition) is 7. The van der Waals surface area contributed by atoms with Crippen molar-refractivity contribution in [3.63, 3.8) is 0 Å². The standard InChI is InChI=1S/C11H16O8P2/c1-9(12)17-11(18-21(15,16)19-20(13)14)8-7-10-5-3-2-4-6-10/h2-6,11,13-14H,7-8H2,1H3,(H,15,16). The number of esters is 1. The zero-order chi connectivity index (χ0) is 15.9. The van der Waals surface area contributed by atoms with Crippen LogP contribution in [-0.2, 0) is 29.4 Å². The van der Waals surface area contributed by atoms with Gasteiger partial charge in [-0.05, 0) is 12.0 Å². The smallest absolute Gasteiger partial charge is 0.435 e. The number of aryl methyl sites for hydroxylation is 1. The second-order valence-electron chi connectivity index (χ2n) is 3.97. The predicted octanol–water partition coefficient (Wildman–Crippen LogP) is 1.85. The molecule has 0 aliphatic carbocycles. The molecule has 0 heterocycles. The van der Waals surface area contributed by atoms with Crippen LogP contribution in [0.5, 0.6) is 0 Å². The number of phosphoric acid groups is 1. The van der Waals surface area contributed by atoms with Crippen molar-refractivity contribution in [1.82, 2.24) is 0 Å². The minimum atomic E-state index is -4.73. The molecule has 1 rings (SSSR count). The van der Waals surface area contributed by atoms with Crippen molar-refractivity contribution in [3.8, 4) is 0 Å². The van der Waals surface area contributed by atoms with Crippen molar-refractivity contribution in [2.75, 3.05) is 0 Å². The molecule has 118 valence electrons. The molecule has 10 heteroatoms. The number of ether oxygens (including phenoxy) is 1. The molecule has 0 fully saturated rings. The van der Waals surface area contributed by atoms with Gasteiger partial charge in [-0.25, -0.2) is 13.4 Å². The van der Waals surface area contributed by atoms with Crippen molar-refractivity contribution >= 4 is 22.4 Å². The van der Waals surface area contributed by atoms with Crippen LogP contribution in [0.4, 0.5) is 0 Å². The molecule has 21 heavy (non-hydrogen) atoms. The number of carbonyl (C=O) groups is 1. The molecule has 0 bridgehead atoms. The Morgan fingerprint density at radius 2 is 1.95 bits per heavy atom. The summed E-state index contributed by atoms with van der Waals surface area (Å²) in [5, 5.41) is 0. The summed E-state index contributed by atoms with van der Waals surface area (Å²) in [6, 6.07) is 9.15. The van der Waals surface area contributed by atoms with E-state index in [0.29, 0.717) is 6.42 Å². The fourth-order valence-corrected chi connectivity index (χ4v) is 2.85. The van der Waals surface area contributed by atoms with Crippen LogP contribution in [0.25, 0.3) is 0 Å². The SMILES string of the molecule is CC(=O)OC(CCc1ccccc1)OP(=O)(O)OP(O)O. The van der Waals surface area contributed by atoms with Gasteiger partial charge in [-0.15, -0.1) is 0 Å². The molecule has 0 saturated carbocycles. The van der Waals surface area contributed by atoms with E-state index in [9.17, 15) is 14.3 Å². The van der Waals surface area contributed by atoms with Crippen molar-refractivity contribution in [3.05, 3.63) is 35.9 Å². The summed E-state index contributed by atoms with van der Waals surface area (Å²) >= 11 is 0. The van der Waals surface area contributed by atoms with Crippen LogP contribution in [-0.4, -0.2) is 26.9 Å². The lowest BCUT2D eigenvalue weighted by Crippen LogP contribution is -2.20. The molecular weight excluding hydrogens is 322 g/mol. The first kappa shape index (κ1) is 18.2. The van der Waals surface area contributed by atoms with E-state index in [0.717, 1.165) is 12.5 Å². The normalized spacial score (nSPS) is 15.5. The summed E-state index contributed by atoms with van der Waals surface area (Å²) < 4.78 is 24.8. The summed E-state index contributed by atoms with van der Waals surface area (Å²) in [5.41, 5.74) is 0.915. The van der Waals surface area contributed by atoms with Crippen LogP contribution in [0.3, 0.4) is 0 Å². The molecule has 2 unspecified atom stereocenters. The minimum Gasteiger partial charge on any atom is -0.435 e. The number of carbonyl (C=O) groups excluding carboxylic acids is 1. The third-order valence-electron chi connectivity index (χ3n) is 2.24. The van der Waals surface area contributed by atoms with Gasteiger partial charge in [-0.3, -0.25) is 4.79 Å². The van der Waals surface area contributed by atoms with E-state index in [-0.39, 0.29) is 6.42 Å². The van der Waals surface area contributed by atoms with Gasteiger partial charge in [0.15, 0.2) is 0 Å². The first-order valence-electron chi connectivity index (χ1n) is 5.88. The molecule has 0 saturated heterocycles. The van der Waals surface area contributed by atoms with Gasteiger partial charge in [0, 0.05) is 13.3 Å². The lowest BCUT2D eigenvalue weighted by atomic mass is 10.1. The van der Waals surface area contributed by atoms with Crippen LogP contribution in [0.1, 0.15) is 18.9 Å². The lowest BCUT2D eigenvalue weighted by molar-refractivity contribution is -0.163. The Hall–Kier alpha value is -0.850. The maximum Gasteiger partial charge on any atom is 0.482 e. The molecule has 0 aliphatic heterocycles. The van der Waals surface area contributed by atoms with Crippen LogP contribution in [0.15, 0.2) is 30.3 Å². The summed E-state index contributed by atoms with van der Waals surface area (Å²) in [4.78, 5) is 37.4. The van der Waals surface area contributed by atoms with Gasteiger partial charge in [0.2, 0.25) is 6.29 Å². The minimum absolute atomic E-state index is 0.103. The van der Waals surface area contributed by atoms with Gasteiger partial charge in [0.25, 0.3) is 0 Å². The highest BCUT2D eigenvalue weighted by Gasteiger charge is 2.31. The maximum atomic E-state index is 11.4.